The largest absolute Gasteiger partial charge is 0.468 e. The SMILES string of the molecule is CCOC1CC(CC(=O)NCC(Cl)C(=O)OC)C1. The molecule has 104 valence electrons. The van der Waals surface area contributed by atoms with Crippen molar-refractivity contribution in [3.05, 3.63) is 0 Å². The Bertz CT molecular complexity index is 292. The lowest BCUT2D eigenvalue weighted by molar-refractivity contribution is -0.140. The van der Waals surface area contributed by atoms with Crippen LogP contribution in [0.15, 0.2) is 0 Å². The van der Waals surface area contributed by atoms with Gasteiger partial charge in [-0.25, -0.2) is 0 Å². The smallest absolute Gasteiger partial charge is 0.325 e. The predicted octanol–water partition coefficient (Wildman–Crippen LogP) is 1.09. The van der Waals surface area contributed by atoms with Crippen LogP contribution in [0.3, 0.4) is 0 Å². The van der Waals surface area contributed by atoms with Crippen LogP contribution in [0.25, 0.3) is 0 Å². The topological polar surface area (TPSA) is 64.6 Å². The van der Waals surface area contributed by atoms with Crippen molar-refractivity contribution >= 4 is 23.5 Å². The molecular formula is C12H20ClNO4. The average molecular weight is 278 g/mol. The number of hydrogen-bond donors (Lipinski definition) is 1. The first-order chi connectivity index (χ1) is 8.56. The Morgan fingerprint density at radius 1 is 1.44 bits per heavy atom. The fraction of sp³-hybridized carbons (Fsp3) is 0.833. The molecule has 0 radical (unpaired) electrons. The second-order valence-corrected chi connectivity index (χ2v) is 4.94. The van der Waals surface area contributed by atoms with Gasteiger partial charge in [-0.3, -0.25) is 9.59 Å². The Balaban J connectivity index is 2.10. The van der Waals surface area contributed by atoms with Crippen molar-refractivity contribution < 1.29 is 19.1 Å². The molecule has 0 heterocycles. The first-order valence-electron chi connectivity index (χ1n) is 6.17. The zero-order chi connectivity index (χ0) is 13.5. The van der Waals surface area contributed by atoms with Crippen molar-refractivity contribution in [3.8, 4) is 0 Å². The third kappa shape index (κ3) is 4.82. The summed E-state index contributed by atoms with van der Waals surface area (Å²) in [6, 6.07) is 0. The molecule has 5 nitrogen and oxygen atoms in total. The predicted molar refractivity (Wildman–Crippen MR) is 67.4 cm³/mol. The van der Waals surface area contributed by atoms with E-state index in [-0.39, 0.29) is 12.5 Å². The number of alkyl halides is 1. The summed E-state index contributed by atoms with van der Waals surface area (Å²) in [5.74, 6) is -0.227. The molecule has 1 unspecified atom stereocenters. The van der Waals surface area contributed by atoms with Gasteiger partial charge in [0.25, 0.3) is 0 Å². The molecule has 1 aliphatic carbocycles. The van der Waals surface area contributed by atoms with Gasteiger partial charge in [0.05, 0.1) is 13.2 Å². The summed E-state index contributed by atoms with van der Waals surface area (Å²) >= 11 is 5.72. The van der Waals surface area contributed by atoms with Gasteiger partial charge in [-0.15, -0.1) is 11.6 Å². The number of esters is 1. The molecule has 0 aliphatic heterocycles. The summed E-state index contributed by atoms with van der Waals surface area (Å²) in [4.78, 5) is 22.6. The van der Waals surface area contributed by atoms with E-state index in [1.807, 2.05) is 6.92 Å². The van der Waals surface area contributed by atoms with Crippen LogP contribution >= 0.6 is 11.6 Å². The lowest BCUT2D eigenvalue weighted by Gasteiger charge is -2.34. The van der Waals surface area contributed by atoms with Crippen molar-refractivity contribution in [2.45, 2.75) is 37.7 Å². The van der Waals surface area contributed by atoms with E-state index in [1.54, 1.807) is 0 Å². The zero-order valence-electron chi connectivity index (χ0n) is 10.8. The van der Waals surface area contributed by atoms with Gasteiger partial charge in [-0.2, -0.15) is 0 Å². The lowest BCUT2D eigenvalue weighted by Crippen LogP contribution is -2.38. The number of halogens is 1. The second-order valence-electron chi connectivity index (χ2n) is 4.41. The van der Waals surface area contributed by atoms with Gasteiger partial charge in [0.15, 0.2) is 0 Å². The number of carbonyl (C=O) groups excluding carboxylic acids is 2. The Labute approximate surface area is 112 Å². The molecule has 1 fully saturated rings. The first-order valence-corrected chi connectivity index (χ1v) is 6.60. The minimum absolute atomic E-state index is 0.0792. The van der Waals surface area contributed by atoms with E-state index in [2.05, 4.69) is 10.1 Å². The van der Waals surface area contributed by atoms with E-state index < -0.39 is 11.3 Å². The number of ether oxygens (including phenoxy) is 2. The highest BCUT2D eigenvalue weighted by Crippen LogP contribution is 2.32. The molecule has 1 atom stereocenters. The molecule has 0 aromatic carbocycles. The fourth-order valence-corrected chi connectivity index (χ4v) is 2.13. The van der Waals surface area contributed by atoms with Crippen LogP contribution in [0.1, 0.15) is 26.2 Å². The van der Waals surface area contributed by atoms with Crippen LogP contribution in [-0.4, -0.2) is 43.6 Å². The molecule has 0 aromatic rings. The third-order valence-corrected chi connectivity index (χ3v) is 3.34. The molecule has 0 saturated heterocycles. The standard InChI is InChI=1S/C12H20ClNO4/c1-3-18-9-4-8(5-9)6-11(15)14-7-10(13)12(16)17-2/h8-10H,3-7H2,1-2H3,(H,14,15). The van der Waals surface area contributed by atoms with Gasteiger partial charge in [-0.05, 0) is 25.7 Å². The van der Waals surface area contributed by atoms with Gasteiger partial charge in [0.1, 0.15) is 5.38 Å². The molecular weight excluding hydrogens is 258 g/mol. The summed E-state index contributed by atoms with van der Waals surface area (Å²) in [5.41, 5.74) is 0. The van der Waals surface area contributed by atoms with Gasteiger partial charge in [-0.1, -0.05) is 0 Å². The monoisotopic (exact) mass is 277 g/mol. The van der Waals surface area contributed by atoms with Crippen LogP contribution in [0.4, 0.5) is 0 Å². The number of hydrogen-bond acceptors (Lipinski definition) is 4. The highest BCUT2D eigenvalue weighted by atomic mass is 35.5. The van der Waals surface area contributed by atoms with Crippen LogP contribution in [-0.2, 0) is 19.1 Å². The Morgan fingerprint density at radius 3 is 2.67 bits per heavy atom. The molecule has 0 aromatic heterocycles. The van der Waals surface area contributed by atoms with E-state index in [0.29, 0.717) is 18.4 Å². The lowest BCUT2D eigenvalue weighted by atomic mass is 9.80. The highest BCUT2D eigenvalue weighted by molar-refractivity contribution is 6.30. The van der Waals surface area contributed by atoms with E-state index in [1.165, 1.54) is 7.11 Å². The Morgan fingerprint density at radius 2 is 2.11 bits per heavy atom. The molecule has 1 rings (SSSR count). The summed E-state index contributed by atoms with van der Waals surface area (Å²) in [6.45, 7) is 2.79. The summed E-state index contributed by atoms with van der Waals surface area (Å²) < 4.78 is 9.88. The third-order valence-electron chi connectivity index (χ3n) is 3.00. The van der Waals surface area contributed by atoms with E-state index in [4.69, 9.17) is 16.3 Å². The van der Waals surface area contributed by atoms with Gasteiger partial charge in [0.2, 0.25) is 5.91 Å². The summed E-state index contributed by atoms with van der Waals surface area (Å²) in [5, 5.41) is 1.81. The maximum absolute atomic E-state index is 11.6. The van der Waals surface area contributed by atoms with Gasteiger partial charge < -0.3 is 14.8 Å². The normalized spacial score (nSPS) is 23.9. The van der Waals surface area contributed by atoms with E-state index >= 15 is 0 Å². The quantitative estimate of drug-likeness (QED) is 0.559. The molecule has 18 heavy (non-hydrogen) atoms. The van der Waals surface area contributed by atoms with Crippen molar-refractivity contribution in [1.82, 2.24) is 5.32 Å². The number of nitrogens with one attached hydrogen (secondary N) is 1. The molecule has 1 N–H and O–H groups in total. The number of amides is 1. The fourth-order valence-electron chi connectivity index (χ4n) is 1.96. The van der Waals surface area contributed by atoms with Gasteiger partial charge in [0, 0.05) is 19.6 Å². The maximum atomic E-state index is 11.6. The number of carbonyl (C=O) groups is 2. The van der Waals surface area contributed by atoms with E-state index in [9.17, 15) is 9.59 Å². The number of methoxy groups -OCH3 is 1. The van der Waals surface area contributed by atoms with Crippen molar-refractivity contribution in [2.75, 3.05) is 20.3 Å². The molecule has 1 saturated carbocycles. The molecule has 1 aliphatic rings. The van der Waals surface area contributed by atoms with Crippen LogP contribution in [0.2, 0.25) is 0 Å². The minimum Gasteiger partial charge on any atom is -0.468 e. The Hall–Kier alpha value is -0.810. The average Bonchev–Trinajstić information content (AvgIpc) is 2.32. The van der Waals surface area contributed by atoms with Crippen LogP contribution in [0, 0.1) is 5.92 Å². The summed E-state index contributed by atoms with van der Waals surface area (Å²) in [7, 11) is 1.27. The first kappa shape index (κ1) is 15.2. The van der Waals surface area contributed by atoms with Crippen LogP contribution in [0.5, 0.6) is 0 Å². The van der Waals surface area contributed by atoms with Gasteiger partial charge >= 0.3 is 5.97 Å². The second kappa shape index (κ2) is 7.59. The summed E-state index contributed by atoms with van der Waals surface area (Å²) in [6.07, 6.45) is 2.64. The van der Waals surface area contributed by atoms with E-state index in [0.717, 1.165) is 19.4 Å². The van der Waals surface area contributed by atoms with Crippen LogP contribution < -0.4 is 5.32 Å². The minimum atomic E-state index is -0.823. The highest BCUT2D eigenvalue weighted by Gasteiger charge is 2.31. The molecule has 0 spiro atoms. The zero-order valence-corrected chi connectivity index (χ0v) is 11.5. The van der Waals surface area contributed by atoms with Crippen molar-refractivity contribution in [1.29, 1.82) is 0 Å². The molecule has 0 bridgehead atoms. The maximum Gasteiger partial charge on any atom is 0.325 e. The molecule has 1 amide bonds. The van der Waals surface area contributed by atoms with Crippen molar-refractivity contribution in [2.24, 2.45) is 5.92 Å². The molecule has 6 heteroatoms. The van der Waals surface area contributed by atoms with Crippen molar-refractivity contribution in [3.63, 3.8) is 0 Å². The Kier molecular flexibility index (Phi) is 6.43. The number of rotatable bonds is 7.